The van der Waals surface area contributed by atoms with Crippen LogP contribution in [-0.4, -0.2) is 23.2 Å². The van der Waals surface area contributed by atoms with Gasteiger partial charge < -0.3 is 4.42 Å². The minimum atomic E-state index is 0.846. The molecule has 10 aromatic rings. The van der Waals surface area contributed by atoms with E-state index in [0.29, 0.717) is 0 Å². The molecule has 0 bridgehead atoms. The van der Waals surface area contributed by atoms with E-state index in [4.69, 9.17) is 14.4 Å². The normalized spacial score (nSPS) is 13.0. The summed E-state index contributed by atoms with van der Waals surface area (Å²) >= 11 is 0. The second-order valence-electron chi connectivity index (χ2n) is 9.57. The molecule has 10 rings (SSSR count). The molecule has 0 atom stereocenters. The van der Waals surface area contributed by atoms with Crippen molar-refractivity contribution in [3.05, 3.63) is 91.0 Å². The Morgan fingerprint density at radius 2 is 1.28 bits per heavy atom. The average molecular weight is 461 g/mol. The highest BCUT2D eigenvalue weighted by molar-refractivity contribution is 6.15. The number of nitrogens with zero attached hydrogens (tertiary/aromatic N) is 5. The molecule has 0 radical (unpaired) electrons. The number of rotatable bonds is 0. The summed E-state index contributed by atoms with van der Waals surface area (Å²) in [7, 11) is 0. The van der Waals surface area contributed by atoms with E-state index in [1.165, 1.54) is 10.8 Å². The zero-order chi connectivity index (χ0) is 23.1. The standard InChI is InChI=1S/C30H15N5O/c1-2-7-17-15-24-21(14-16(17)6-1)32-29-33(24)22-9-5-10-23-27(22)35(29)30-31-20-13-12-19-18-8-3-4-11-25(18)36-28(19)26(20)34(23)30/h1-15H. The van der Waals surface area contributed by atoms with E-state index < -0.39 is 0 Å². The number of hydrogen-bond donors (Lipinski definition) is 0. The van der Waals surface area contributed by atoms with Crippen LogP contribution in [0.3, 0.4) is 0 Å². The van der Waals surface area contributed by atoms with Crippen molar-refractivity contribution in [1.82, 2.24) is 23.2 Å². The van der Waals surface area contributed by atoms with Gasteiger partial charge in [0.1, 0.15) is 16.6 Å². The highest BCUT2D eigenvalue weighted by Gasteiger charge is 2.25. The van der Waals surface area contributed by atoms with Crippen LogP contribution in [0.2, 0.25) is 0 Å². The van der Waals surface area contributed by atoms with Crippen molar-refractivity contribution in [2.75, 3.05) is 0 Å². The molecule has 0 aliphatic rings. The predicted octanol–water partition coefficient (Wildman–Crippen LogP) is 7.18. The minimum Gasteiger partial charge on any atom is -0.454 e. The maximum absolute atomic E-state index is 6.41. The highest BCUT2D eigenvalue weighted by atomic mass is 16.3. The molecule has 0 unspecified atom stereocenters. The predicted molar refractivity (Wildman–Crippen MR) is 143 cm³/mol. The Bertz CT molecular complexity index is 2540. The van der Waals surface area contributed by atoms with Crippen LogP contribution < -0.4 is 0 Å². The van der Waals surface area contributed by atoms with Crippen LogP contribution in [0, 0.1) is 0 Å². The lowest BCUT2D eigenvalue weighted by Crippen LogP contribution is -1.87. The van der Waals surface area contributed by atoms with Crippen molar-refractivity contribution in [2.24, 2.45) is 0 Å². The van der Waals surface area contributed by atoms with Crippen molar-refractivity contribution < 1.29 is 4.42 Å². The molecule has 36 heavy (non-hydrogen) atoms. The molecule has 0 aliphatic heterocycles. The first-order valence-corrected chi connectivity index (χ1v) is 12.0. The number of imidazole rings is 4. The summed E-state index contributed by atoms with van der Waals surface area (Å²) in [6, 6.07) is 31.7. The van der Waals surface area contributed by atoms with Gasteiger partial charge in [0, 0.05) is 10.8 Å². The molecule has 0 N–H and O–H groups in total. The Balaban J connectivity index is 1.47. The monoisotopic (exact) mass is 461 g/mol. The fourth-order valence-corrected chi connectivity index (χ4v) is 6.24. The summed E-state index contributed by atoms with van der Waals surface area (Å²) in [6.07, 6.45) is 0. The number of aromatic nitrogens is 5. The molecule has 6 heteroatoms. The van der Waals surface area contributed by atoms with Gasteiger partial charge >= 0.3 is 0 Å². The number of hydrogen-bond acceptors (Lipinski definition) is 3. The summed E-state index contributed by atoms with van der Waals surface area (Å²) in [4.78, 5) is 10.2. The molecule has 0 fully saturated rings. The summed E-state index contributed by atoms with van der Waals surface area (Å²) in [5, 5.41) is 4.62. The van der Waals surface area contributed by atoms with Crippen molar-refractivity contribution in [3.8, 4) is 0 Å². The maximum Gasteiger partial charge on any atom is 0.223 e. The first kappa shape index (κ1) is 17.4. The van der Waals surface area contributed by atoms with Gasteiger partial charge in [0.05, 0.1) is 27.6 Å². The van der Waals surface area contributed by atoms with E-state index in [2.05, 4.69) is 92.1 Å². The van der Waals surface area contributed by atoms with Gasteiger partial charge in [0.25, 0.3) is 0 Å². The first-order valence-electron chi connectivity index (χ1n) is 12.0. The molecule has 0 spiro atoms. The quantitative estimate of drug-likeness (QED) is 0.240. The third-order valence-electron chi connectivity index (χ3n) is 7.75. The summed E-state index contributed by atoms with van der Waals surface area (Å²) in [6.45, 7) is 0. The molecule has 6 nitrogen and oxygen atoms in total. The first-order chi connectivity index (χ1) is 17.8. The molecule has 5 aromatic heterocycles. The third kappa shape index (κ3) is 1.80. The van der Waals surface area contributed by atoms with E-state index in [0.717, 1.165) is 72.1 Å². The SMILES string of the molecule is c1ccc2cc3c(cc2c1)nc1n3c2cccc3c2n1c1nc2ccc4c5ccccc5oc4c2n31. The summed E-state index contributed by atoms with van der Waals surface area (Å²) < 4.78 is 13.1. The maximum atomic E-state index is 6.41. The fourth-order valence-electron chi connectivity index (χ4n) is 6.24. The van der Waals surface area contributed by atoms with Gasteiger partial charge in [-0.05, 0) is 53.2 Å². The third-order valence-corrected chi connectivity index (χ3v) is 7.75. The molecular formula is C30H15N5O. The summed E-state index contributed by atoms with van der Waals surface area (Å²) in [5.41, 5.74) is 9.08. The second-order valence-corrected chi connectivity index (χ2v) is 9.57. The van der Waals surface area contributed by atoms with Crippen molar-refractivity contribution >= 4 is 82.9 Å². The van der Waals surface area contributed by atoms with Crippen LogP contribution >= 0.6 is 0 Å². The fraction of sp³-hybridized carbons (Fsp3) is 0. The minimum absolute atomic E-state index is 0.846. The Kier molecular flexibility index (Phi) is 2.69. The molecule has 5 aromatic carbocycles. The Hall–Kier alpha value is -5.10. The summed E-state index contributed by atoms with van der Waals surface area (Å²) in [5.74, 6) is 1.72. The van der Waals surface area contributed by atoms with Gasteiger partial charge in [0.2, 0.25) is 11.6 Å². The highest BCUT2D eigenvalue weighted by Crippen LogP contribution is 2.39. The number of benzene rings is 5. The molecule has 0 saturated carbocycles. The number of fused-ring (bicyclic) bond motifs is 15. The van der Waals surface area contributed by atoms with E-state index in [-0.39, 0.29) is 0 Å². The smallest absolute Gasteiger partial charge is 0.223 e. The van der Waals surface area contributed by atoms with Crippen LogP contribution in [0.15, 0.2) is 95.4 Å². The van der Waals surface area contributed by atoms with Crippen molar-refractivity contribution in [2.45, 2.75) is 0 Å². The van der Waals surface area contributed by atoms with E-state index in [1.54, 1.807) is 0 Å². The van der Waals surface area contributed by atoms with Crippen LogP contribution in [0.25, 0.3) is 82.9 Å². The zero-order valence-corrected chi connectivity index (χ0v) is 18.8. The van der Waals surface area contributed by atoms with Gasteiger partial charge in [0.15, 0.2) is 5.58 Å². The van der Waals surface area contributed by atoms with E-state index in [9.17, 15) is 0 Å². The van der Waals surface area contributed by atoms with Crippen molar-refractivity contribution in [1.29, 1.82) is 0 Å². The topological polar surface area (TPSA) is 52.2 Å². The van der Waals surface area contributed by atoms with Gasteiger partial charge in [-0.2, -0.15) is 0 Å². The second kappa shape index (κ2) is 5.58. The Morgan fingerprint density at radius 1 is 0.528 bits per heavy atom. The molecule has 5 heterocycles. The van der Waals surface area contributed by atoms with Crippen molar-refractivity contribution in [3.63, 3.8) is 0 Å². The average Bonchev–Trinajstić information content (AvgIpc) is 3.68. The van der Waals surface area contributed by atoms with Crippen LogP contribution in [0.1, 0.15) is 0 Å². The van der Waals surface area contributed by atoms with Gasteiger partial charge in [-0.15, -0.1) is 0 Å². The zero-order valence-electron chi connectivity index (χ0n) is 18.8. The number of furan rings is 1. The Labute approximate surface area is 201 Å². The Morgan fingerprint density at radius 3 is 2.19 bits per heavy atom. The van der Waals surface area contributed by atoms with Gasteiger partial charge in [-0.25, -0.2) is 14.4 Å². The molecule has 0 amide bonds. The van der Waals surface area contributed by atoms with Crippen LogP contribution in [0.4, 0.5) is 0 Å². The van der Waals surface area contributed by atoms with Gasteiger partial charge in [-0.1, -0.05) is 48.5 Å². The van der Waals surface area contributed by atoms with Crippen LogP contribution in [-0.2, 0) is 0 Å². The molecule has 166 valence electrons. The molecular weight excluding hydrogens is 446 g/mol. The van der Waals surface area contributed by atoms with E-state index >= 15 is 0 Å². The number of para-hydroxylation sites is 2. The lowest BCUT2D eigenvalue weighted by molar-refractivity contribution is 0.671. The largest absolute Gasteiger partial charge is 0.454 e. The van der Waals surface area contributed by atoms with Gasteiger partial charge in [-0.3, -0.25) is 8.80 Å². The molecule has 0 aliphatic carbocycles. The lowest BCUT2D eigenvalue weighted by Gasteiger charge is -2.00. The van der Waals surface area contributed by atoms with Crippen LogP contribution in [0.5, 0.6) is 0 Å². The van der Waals surface area contributed by atoms with E-state index in [1.807, 2.05) is 12.1 Å². The molecule has 0 saturated heterocycles. The lowest BCUT2D eigenvalue weighted by atomic mass is 10.1.